The molecule has 0 amide bonds. The molecule has 6 nitrogen and oxygen atoms in total. The number of benzene rings is 1. The highest BCUT2D eigenvalue weighted by atomic mass is 15.4. The molecule has 0 atom stereocenters. The number of anilines is 1. The summed E-state index contributed by atoms with van der Waals surface area (Å²) in [6.45, 7) is 2.97. The summed E-state index contributed by atoms with van der Waals surface area (Å²) < 4.78 is 1.89. The normalized spacial score (nSPS) is 14.4. The summed E-state index contributed by atoms with van der Waals surface area (Å²) in [6.07, 6.45) is 3.34. The van der Waals surface area contributed by atoms with E-state index in [2.05, 4.69) is 56.8 Å². The van der Waals surface area contributed by atoms with Crippen molar-refractivity contribution in [1.82, 2.24) is 24.8 Å². The number of fused-ring (bicyclic) bond motifs is 2. The Balaban J connectivity index is 1.35. The summed E-state index contributed by atoms with van der Waals surface area (Å²) in [5.74, 6) is 2.39. The van der Waals surface area contributed by atoms with Crippen molar-refractivity contribution in [2.75, 3.05) is 11.9 Å². The van der Waals surface area contributed by atoms with Gasteiger partial charge in [-0.15, -0.1) is 15.3 Å². The van der Waals surface area contributed by atoms with Gasteiger partial charge in [0.1, 0.15) is 5.82 Å². The number of aromatic amines is 1. The molecule has 6 heteroatoms. The summed E-state index contributed by atoms with van der Waals surface area (Å²) in [6, 6.07) is 12.4. The van der Waals surface area contributed by atoms with Crippen molar-refractivity contribution in [3.63, 3.8) is 0 Å². The van der Waals surface area contributed by atoms with Crippen molar-refractivity contribution < 1.29 is 0 Å². The third-order valence-electron chi connectivity index (χ3n) is 4.94. The molecule has 1 aliphatic rings. The van der Waals surface area contributed by atoms with E-state index in [9.17, 15) is 0 Å². The third-order valence-corrected chi connectivity index (χ3v) is 4.94. The molecule has 4 aromatic rings. The van der Waals surface area contributed by atoms with Gasteiger partial charge in [0.2, 0.25) is 0 Å². The SMILES string of the molecule is Cc1[nH]c2ccccc2c1CCNc1ccc2nnc(C3CC3)n2n1. The van der Waals surface area contributed by atoms with Crippen molar-refractivity contribution in [2.45, 2.75) is 32.1 Å². The van der Waals surface area contributed by atoms with E-state index in [1.807, 2.05) is 16.6 Å². The van der Waals surface area contributed by atoms with Crippen molar-refractivity contribution in [2.24, 2.45) is 0 Å². The van der Waals surface area contributed by atoms with Gasteiger partial charge in [0, 0.05) is 29.1 Å². The van der Waals surface area contributed by atoms with Gasteiger partial charge in [-0.1, -0.05) is 18.2 Å². The molecule has 3 aromatic heterocycles. The van der Waals surface area contributed by atoms with E-state index in [-0.39, 0.29) is 0 Å². The summed E-state index contributed by atoms with van der Waals surface area (Å²) >= 11 is 0. The third kappa shape index (κ3) is 2.54. The number of hydrogen-bond donors (Lipinski definition) is 2. The first-order chi connectivity index (χ1) is 12.3. The number of nitrogens with one attached hydrogen (secondary N) is 2. The Labute approximate surface area is 145 Å². The van der Waals surface area contributed by atoms with Crippen molar-refractivity contribution in [3.8, 4) is 0 Å². The number of aryl methyl sites for hydroxylation is 1. The van der Waals surface area contributed by atoms with E-state index in [1.165, 1.54) is 35.0 Å². The number of aromatic nitrogens is 5. The largest absolute Gasteiger partial charge is 0.368 e. The first-order valence-corrected chi connectivity index (χ1v) is 8.82. The molecule has 0 saturated heterocycles. The van der Waals surface area contributed by atoms with Crippen LogP contribution in [0.2, 0.25) is 0 Å². The first kappa shape index (κ1) is 14.5. The topological polar surface area (TPSA) is 70.9 Å². The number of H-pyrrole nitrogens is 1. The van der Waals surface area contributed by atoms with Crippen LogP contribution in [-0.2, 0) is 6.42 Å². The monoisotopic (exact) mass is 332 g/mol. The number of rotatable bonds is 5. The number of para-hydroxylation sites is 1. The lowest BCUT2D eigenvalue weighted by Gasteiger charge is -2.07. The van der Waals surface area contributed by atoms with E-state index >= 15 is 0 Å². The zero-order valence-electron chi connectivity index (χ0n) is 14.2. The van der Waals surface area contributed by atoms with Gasteiger partial charge in [-0.2, -0.15) is 4.52 Å². The minimum absolute atomic E-state index is 0.534. The van der Waals surface area contributed by atoms with Gasteiger partial charge in [-0.3, -0.25) is 0 Å². The van der Waals surface area contributed by atoms with Crippen LogP contribution in [0, 0.1) is 6.92 Å². The quantitative estimate of drug-likeness (QED) is 0.587. The molecule has 1 aromatic carbocycles. The van der Waals surface area contributed by atoms with Crippen LogP contribution in [0.15, 0.2) is 36.4 Å². The highest BCUT2D eigenvalue weighted by Crippen LogP contribution is 2.38. The summed E-state index contributed by atoms with van der Waals surface area (Å²) in [4.78, 5) is 3.46. The molecule has 0 bridgehead atoms. The minimum Gasteiger partial charge on any atom is -0.368 e. The summed E-state index contributed by atoms with van der Waals surface area (Å²) in [7, 11) is 0. The van der Waals surface area contributed by atoms with Crippen LogP contribution in [0.5, 0.6) is 0 Å². The average molecular weight is 332 g/mol. The second-order valence-corrected chi connectivity index (χ2v) is 6.77. The van der Waals surface area contributed by atoms with E-state index in [0.717, 1.165) is 30.3 Å². The van der Waals surface area contributed by atoms with Gasteiger partial charge < -0.3 is 10.3 Å². The van der Waals surface area contributed by atoms with Crippen molar-refractivity contribution in [1.29, 1.82) is 0 Å². The number of nitrogens with zero attached hydrogens (tertiary/aromatic N) is 4. The van der Waals surface area contributed by atoms with E-state index in [4.69, 9.17) is 0 Å². The molecule has 0 spiro atoms. The van der Waals surface area contributed by atoms with E-state index in [1.54, 1.807) is 0 Å². The lowest BCUT2D eigenvalue weighted by molar-refractivity contribution is 0.813. The highest BCUT2D eigenvalue weighted by molar-refractivity contribution is 5.84. The molecule has 1 aliphatic carbocycles. The fourth-order valence-electron chi connectivity index (χ4n) is 3.47. The molecule has 3 heterocycles. The predicted octanol–water partition coefficient (Wildman–Crippen LogP) is 3.45. The molecule has 126 valence electrons. The van der Waals surface area contributed by atoms with Gasteiger partial charge in [0.05, 0.1) is 0 Å². The van der Waals surface area contributed by atoms with Crippen LogP contribution in [0.1, 0.15) is 35.8 Å². The Hall–Kier alpha value is -2.89. The standard InChI is InChI=1S/C19H20N6/c1-12-14(15-4-2-3-5-16(15)21-12)10-11-20-17-8-9-18-22-23-19(13-6-7-13)25(18)24-17/h2-5,8-9,13,21H,6-7,10-11H2,1H3,(H,20,24). The fourth-order valence-corrected chi connectivity index (χ4v) is 3.47. The van der Waals surface area contributed by atoms with Crippen LogP contribution >= 0.6 is 0 Å². The second-order valence-electron chi connectivity index (χ2n) is 6.77. The lowest BCUT2D eigenvalue weighted by atomic mass is 10.1. The van der Waals surface area contributed by atoms with Gasteiger partial charge >= 0.3 is 0 Å². The van der Waals surface area contributed by atoms with Crippen molar-refractivity contribution in [3.05, 3.63) is 53.5 Å². The molecule has 0 aliphatic heterocycles. The van der Waals surface area contributed by atoms with E-state index < -0.39 is 0 Å². The Kier molecular flexibility index (Phi) is 3.23. The smallest absolute Gasteiger partial charge is 0.178 e. The maximum absolute atomic E-state index is 4.67. The number of hydrogen-bond acceptors (Lipinski definition) is 4. The Bertz CT molecular complexity index is 1060. The van der Waals surface area contributed by atoms with Gasteiger partial charge in [0.25, 0.3) is 0 Å². The van der Waals surface area contributed by atoms with Crippen LogP contribution in [0.3, 0.4) is 0 Å². The molecule has 5 rings (SSSR count). The van der Waals surface area contributed by atoms with Crippen LogP contribution in [0.4, 0.5) is 5.82 Å². The molecule has 1 saturated carbocycles. The molecule has 25 heavy (non-hydrogen) atoms. The second kappa shape index (κ2) is 5.58. The van der Waals surface area contributed by atoms with Gasteiger partial charge in [0.15, 0.2) is 11.5 Å². The summed E-state index contributed by atoms with van der Waals surface area (Å²) in [5.41, 5.74) is 4.63. The maximum Gasteiger partial charge on any atom is 0.178 e. The van der Waals surface area contributed by atoms with E-state index in [0.29, 0.717) is 5.92 Å². The average Bonchev–Trinajstić information content (AvgIpc) is 3.30. The molecule has 2 N–H and O–H groups in total. The lowest BCUT2D eigenvalue weighted by Crippen LogP contribution is -2.09. The Morgan fingerprint density at radius 2 is 2.04 bits per heavy atom. The molecular formula is C19H20N6. The molecule has 0 radical (unpaired) electrons. The maximum atomic E-state index is 4.67. The van der Waals surface area contributed by atoms with Crippen molar-refractivity contribution >= 4 is 22.4 Å². The highest BCUT2D eigenvalue weighted by Gasteiger charge is 2.29. The van der Waals surface area contributed by atoms with Crippen LogP contribution in [0.25, 0.3) is 16.6 Å². The van der Waals surface area contributed by atoms with Gasteiger partial charge in [-0.25, -0.2) is 0 Å². The molecule has 0 unspecified atom stereocenters. The van der Waals surface area contributed by atoms with Crippen LogP contribution in [-0.4, -0.2) is 31.3 Å². The predicted molar refractivity (Wildman–Crippen MR) is 98.0 cm³/mol. The van der Waals surface area contributed by atoms with Crippen LogP contribution < -0.4 is 5.32 Å². The molecule has 1 fully saturated rings. The Morgan fingerprint density at radius 3 is 2.92 bits per heavy atom. The zero-order chi connectivity index (χ0) is 16.8. The first-order valence-electron chi connectivity index (χ1n) is 8.82. The Morgan fingerprint density at radius 1 is 1.16 bits per heavy atom. The molecular weight excluding hydrogens is 312 g/mol. The summed E-state index contributed by atoms with van der Waals surface area (Å²) in [5, 5.41) is 17.9. The zero-order valence-corrected chi connectivity index (χ0v) is 14.2. The fraction of sp³-hybridized carbons (Fsp3) is 0.316. The van der Waals surface area contributed by atoms with Gasteiger partial charge in [-0.05, 0) is 49.9 Å². The minimum atomic E-state index is 0.534.